The van der Waals surface area contributed by atoms with Gasteiger partial charge in [0.05, 0.1) is 11.3 Å². The second kappa shape index (κ2) is 8.20. The first-order valence-electron chi connectivity index (χ1n) is 9.94. The van der Waals surface area contributed by atoms with Gasteiger partial charge in [0.1, 0.15) is 22.9 Å². The summed E-state index contributed by atoms with van der Waals surface area (Å²) in [4.78, 5) is 17.3. The molecule has 0 N–H and O–H groups in total. The predicted molar refractivity (Wildman–Crippen MR) is 125 cm³/mol. The van der Waals surface area contributed by atoms with Gasteiger partial charge in [0.25, 0.3) is 0 Å². The predicted octanol–water partition coefficient (Wildman–Crippen LogP) is 6.47. The van der Waals surface area contributed by atoms with Crippen LogP contribution in [-0.4, -0.2) is 4.98 Å². The molecule has 0 aliphatic heterocycles. The molecule has 31 heavy (non-hydrogen) atoms. The van der Waals surface area contributed by atoms with Gasteiger partial charge in [-0.05, 0) is 36.2 Å². The first kappa shape index (κ1) is 19.3. The third kappa shape index (κ3) is 4.00. The monoisotopic (exact) mass is 425 g/mol. The molecule has 5 aromatic rings. The molecular weight excluding hydrogens is 406 g/mol. The highest BCUT2D eigenvalue weighted by Gasteiger charge is 2.13. The zero-order valence-corrected chi connectivity index (χ0v) is 17.7. The molecule has 2 aromatic heterocycles. The van der Waals surface area contributed by atoms with Crippen LogP contribution < -0.4 is 10.4 Å². The summed E-state index contributed by atoms with van der Waals surface area (Å²) in [6.45, 7) is 2.52. The Morgan fingerprint density at radius 3 is 2.61 bits per heavy atom. The van der Waals surface area contributed by atoms with E-state index in [9.17, 15) is 4.79 Å². The van der Waals surface area contributed by atoms with E-state index in [-0.39, 0.29) is 0 Å². The molecule has 4 nitrogen and oxygen atoms in total. The maximum atomic E-state index is 12.7. The summed E-state index contributed by atoms with van der Waals surface area (Å²) in [5.74, 6) is 0.660. The summed E-state index contributed by atoms with van der Waals surface area (Å²) in [7, 11) is 0. The van der Waals surface area contributed by atoms with Crippen LogP contribution in [0.4, 0.5) is 0 Å². The molecule has 2 heterocycles. The minimum Gasteiger partial charge on any atom is -0.489 e. The van der Waals surface area contributed by atoms with Gasteiger partial charge < -0.3 is 9.15 Å². The number of benzene rings is 3. The van der Waals surface area contributed by atoms with E-state index >= 15 is 0 Å². The Morgan fingerprint density at radius 2 is 1.77 bits per heavy atom. The molecule has 0 saturated carbocycles. The van der Waals surface area contributed by atoms with Gasteiger partial charge in [0.2, 0.25) is 0 Å². The van der Waals surface area contributed by atoms with Crippen molar-refractivity contribution >= 4 is 22.3 Å². The first-order chi connectivity index (χ1) is 15.2. The van der Waals surface area contributed by atoms with Crippen LogP contribution in [0.15, 0.2) is 93.5 Å². The average Bonchev–Trinajstić information content (AvgIpc) is 3.28. The second-order valence-corrected chi connectivity index (χ2v) is 8.12. The molecule has 0 spiro atoms. The molecule has 3 aromatic carbocycles. The van der Waals surface area contributed by atoms with Crippen molar-refractivity contribution in [2.45, 2.75) is 13.5 Å². The van der Waals surface area contributed by atoms with E-state index < -0.39 is 5.63 Å². The van der Waals surface area contributed by atoms with Gasteiger partial charge in [-0.3, -0.25) is 0 Å². The SMILES string of the molecule is Cc1ccccc1COc1ccc2cc(-c3nc(-c4ccccc4)cs3)c(=O)oc2c1. The number of aryl methyl sites for hydroxylation is 1. The Balaban J connectivity index is 1.43. The smallest absolute Gasteiger partial charge is 0.346 e. The molecule has 0 fully saturated rings. The fourth-order valence-corrected chi connectivity index (χ4v) is 4.23. The van der Waals surface area contributed by atoms with Gasteiger partial charge in [-0.2, -0.15) is 0 Å². The van der Waals surface area contributed by atoms with Crippen LogP contribution in [0.5, 0.6) is 5.75 Å². The molecule has 152 valence electrons. The van der Waals surface area contributed by atoms with Gasteiger partial charge in [-0.1, -0.05) is 54.6 Å². The molecule has 0 radical (unpaired) electrons. The zero-order valence-electron chi connectivity index (χ0n) is 16.9. The van der Waals surface area contributed by atoms with Gasteiger partial charge in [0, 0.05) is 22.4 Å². The highest BCUT2D eigenvalue weighted by atomic mass is 32.1. The van der Waals surface area contributed by atoms with E-state index in [0.29, 0.717) is 28.5 Å². The third-order valence-electron chi connectivity index (χ3n) is 5.17. The van der Waals surface area contributed by atoms with Crippen molar-refractivity contribution in [2.75, 3.05) is 0 Å². The zero-order chi connectivity index (χ0) is 21.2. The van der Waals surface area contributed by atoms with Crippen LogP contribution in [0.25, 0.3) is 32.8 Å². The average molecular weight is 426 g/mol. The topological polar surface area (TPSA) is 52.3 Å². The fourth-order valence-electron chi connectivity index (χ4n) is 3.40. The number of thiazole rings is 1. The normalized spacial score (nSPS) is 11.0. The van der Waals surface area contributed by atoms with Crippen LogP contribution in [-0.2, 0) is 6.61 Å². The fraction of sp³-hybridized carbons (Fsp3) is 0.0769. The van der Waals surface area contributed by atoms with Crippen molar-refractivity contribution in [1.29, 1.82) is 0 Å². The van der Waals surface area contributed by atoms with Gasteiger partial charge >= 0.3 is 5.63 Å². The van der Waals surface area contributed by atoms with E-state index in [1.807, 2.05) is 72.1 Å². The Labute approximate surface area is 183 Å². The summed E-state index contributed by atoms with van der Waals surface area (Å²) in [6.07, 6.45) is 0. The third-order valence-corrected chi connectivity index (χ3v) is 6.04. The van der Waals surface area contributed by atoms with Crippen LogP contribution in [0.3, 0.4) is 0 Å². The van der Waals surface area contributed by atoms with E-state index in [0.717, 1.165) is 22.2 Å². The van der Waals surface area contributed by atoms with E-state index in [1.54, 1.807) is 6.07 Å². The van der Waals surface area contributed by atoms with Crippen molar-refractivity contribution < 1.29 is 9.15 Å². The number of ether oxygens (including phenoxy) is 1. The van der Waals surface area contributed by atoms with Crippen LogP contribution >= 0.6 is 11.3 Å². The molecule has 0 unspecified atom stereocenters. The lowest BCUT2D eigenvalue weighted by Gasteiger charge is -2.09. The summed E-state index contributed by atoms with van der Waals surface area (Å²) >= 11 is 1.43. The van der Waals surface area contributed by atoms with Gasteiger partial charge in [-0.25, -0.2) is 9.78 Å². The second-order valence-electron chi connectivity index (χ2n) is 7.27. The molecule has 0 amide bonds. The molecule has 0 aliphatic rings. The number of fused-ring (bicyclic) bond motifs is 1. The number of aromatic nitrogens is 1. The Kier molecular flexibility index (Phi) is 5.10. The lowest BCUT2D eigenvalue weighted by Crippen LogP contribution is -2.03. The quantitative estimate of drug-likeness (QED) is 0.303. The summed E-state index contributed by atoms with van der Waals surface area (Å²) in [5, 5.41) is 3.43. The van der Waals surface area contributed by atoms with Gasteiger partial charge in [-0.15, -0.1) is 11.3 Å². The Morgan fingerprint density at radius 1 is 0.968 bits per heavy atom. The number of nitrogens with zero attached hydrogens (tertiary/aromatic N) is 1. The first-order valence-corrected chi connectivity index (χ1v) is 10.8. The van der Waals surface area contributed by atoms with E-state index in [1.165, 1.54) is 16.9 Å². The lowest BCUT2D eigenvalue weighted by atomic mass is 10.1. The van der Waals surface area contributed by atoms with Crippen molar-refractivity contribution in [3.8, 4) is 27.6 Å². The number of hydrogen-bond acceptors (Lipinski definition) is 5. The van der Waals surface area contributed by atoms with Crippen LogP contribution in [0.1, 0.15) is 11.1 Å². The molecular formula is C26H19NO3S. The largest absolute Gasteiger partial charge is 0.489 e. The van der Waals surface area contributed by atoms with Gasteiger partial charge in [0.15, 0.2) is 0 Å². The lowest BCUT2D eigenvalue weighted by molar-refractivity contribution is 0.305. The van der Waals surface area contributed by atoms with Crippen LogP contribution in [0, 0.1) is 6.92 Å². The maximum absolute atomic E-state index is 12.7. The molecule has 0 saturated heterocycles. The number of rotatable bonds is 5. The molecule has 5 rings (SSSR count). The van der Waals surface area contributed by atoms with E-state index in [2.05, 4.69) is 18.0 Å². The van der Waals surface area contributed by atoms with Crippen LogP contribution in [0.2, 0.25) is 0 Å². The summed E-state index contributed by atoms with van der Waals surface area (Å²) in [5.41, 5.74) is 4.72. The Bertz CT molecular complexity index is 1420. The number of hydrogen-bond donors (Lipinski definition) is 0. The molecule has 0 aliphatic carbocycles. The highest BCUT2D eigenvalue weighted by molar-refractivity contribution is 7.13. The Hall–Kier alpha value is -3.70. The minimum atomic E-state index is -0.405. The van der Waals surface area contributed by atoms with Crippen molar-refractivity contribution in [3.05, 3.63) is 106 Å². The highest BCUT2D eigenvalue weighted by Crippen LogP contribution is 2.30. The maximum Gasteiger partial charge on any atom is 0.346 e. The van der Waals surface area contributed by atoms with Crippen molar-refractivity contribution in [2.24, 2.45) is 0 Å². The molecule has 0 atom stereocenters. The standard InChI is InChI=1S/C26H19NO3S/c1-17-7-5-6-10-20(17)15-29-21-12-11-19-13-22(26(28)30-24(19)14-21)25-27-23(16-31-25)18-8-3-2-4-9-18/h2-14,16H,15H2,1H3. The van der Waals surface area contributed by atoms with E-state index in [4.69, 9.17) is 9.15 Å². The van der Waals surface area contributed by atoms with Crippen molar-refractivity contribution in [1.82, 2.24) is 4.98 Å². The van der Waals surface area contributed by atoms with Crippen molar-refractivity contribution in [3.63, 3.8) is 0 Å². The molecule has 5 heteroatoms. The summed E-state index contributed by atoms with van der Waals surface area (Å²) < 4.78 is 11.5. The summed E-state index contributed by atoms with van der Waals surface area (Å²) in [6, 6.07) is 25.4. The minimum absolute atomic E-state index is 0.405. The molecule has 0 bridgehead atoms.